The van der Waals surface area contributed by atoms with Gasteiger partial charge in [-0.05, 0) is 95.6 Å². The van der Waals surface area contributed by atoms with Gasteiger partial charge in [-0.2, -0.15) is 0 Å². The Hall–Kier alpha value is -2.46. The number of hydrogen-bond donors (Lipinski definition) is 3. The molecule has 1 aliphatic heterocycles. The molecule has 0 aromatic heterocycles. The Balaban J connectivity index is 1.54. The summed E-state index contributed by atoms with van der Waals surface area (Å²) in [5.74, 6) is -0.322. The van der Waals surface area contributed by atoms with Crippen molar-refractivity contribution in [2.75, 3.05) is 28.0 Å². The van der Waals surface area contributed by atoms with Crippen LogP contribution in [0.3, 0.4) is 0 Å². The lowest BCUT2D eigenvalue weighted by atomic mass is 10.2. The maximum absolute atomic E-state index is 13.0. The molecule has 3 aromatic carbocycles. The average molecular weight is 578 g/mol. The first kappa shape index (κ1) is 24.7. The van der Waals surface area contributed by atoms with Gasteiger partial charge in [0.2, 0.25) is 0 Å². The molecule has 10 heteroatoms. The first-order valence-corrected chi connectivity index (χ1v) is 13.3. The van der Waals surface area contributed by atoms with Crippen molar-refractivity contribution < 1.29 is 9.00 Å². The summed E-state index contributed by atoms with van der Waals surface area (Å²) in [4.78, 5) is 15.5. The molecule has 34 heavy (non-hydrogen) atoms. The van der Waals surface area contributed by atoms with Crippen LogP contribution in [0.4, 0.5) is 17.1 Å². The molecule has 0 bridgehead atoms. The smallest absolute Gasteiger partial charge is 0.258 e. The van der Waals surface area contributed by atoms with Crippen LogP contribution in [0.2, 0.25) is 5.02 Å². The fourth-order valence-corrected chi connectivity index (χ4v) is 5.30. The van der Waals surface area contributed by atoms with Crippen molar-refractivity contribution in [2.24, 2.45) is 0 Å². The Kier molecular flexibility index (Phi) is 8.20. The van der Waals surface area contributed by atoms with E-state index in [9.17, 15) is 9.00 Å². The van der Waals surface area contributed by atoms with E-state index < -0.39 is 11.0 Å². The van der Waals surface area contributed by atoms with E-state index in [0.29, 0.717) is 31.3 Å². The van der Waals surface area contributed by atoms with Crippen molar-refractivity contribution >= 4 is 78.8 Å². The molecule has 1 saturated heterocycles. The maximum Gasteiger partial charge on any atom is 0.258 e. The van der Waals surface area contributed by atoms with Crippen molar-refractivity contribution in [2.45, 2.75) is 17.7 Å². The highest BCUT2D eigenvalue weighted by Gasteiger charge is 2.19. The summed E-state index contributed by atoms with van der Waals surface area (Å²) in [5, 5.41) is 6.63. The van der Waals surface area contributed by atoms with Gasteiger partial charge in [-0.1, -0.05) is 23.7 Å². The van der Waals surface area contributed by atoms with Crippen LogP contribution in [0, 0.1) is 0 Å². The van der Waals surface area contributed by atoms with Crippen LogP contribution in [-0.2, 0) is 11.0 Å². The van der Waals surface area contributed by atoms with Crippen LogP contribution in [-0.4, -0.2) is 28.3 Å². The monoisotopic (exact) mass is 576 g/mol. The van der Waals surface area contributed by atoms with Crippen molar-refractivity contribution in [1.29, 1.82) is 0 Å². The third-order valence-electron chi connectivity index (χ3n) is 5.28. The highest BCUT2D eigenvalue weighted by Crippen LogP contribution is 2.31. The number of halogens is 2. The molecular formula is C24H22BrClN4O2S2. The van der Waals surface area contributed by atoms with Gasteiger partial charge >= 0.3 is 0 Å². The summed E-state index contributed by atoms with van der Waals surface area (Å²) in [6.07, 6.45) is 2.21. The molecular weight excluding hydrogens is 556 g/mol. The molecule has 0 aliphatic carbocycles. The van der Waals surface area contributed by atoms with E-state index >= 15 is 0 Å². The Bertz CT molecular complexity index is 1230. The van der Waals surface area contributed by atoms with Gasteiger partial charge in [0.05, 0.1) is 21.8 Å². The molecule has 1 amide bonds. The van der Waals surface area contributed by atoms with Crippen LogP contribution in [0.5, 0.6) is 0 Å². The molecule has 4 rings (SSSR count). The van der Waals surface area contributed by atoms with E-state index in [2.05, 4.69) is 36.2 Å². The summed E-state index contributed by atoms with van der Waals surface area (Å²) < 4.78 is 16.6. The Morgan fingerprint density at radius 1 is 1.03 bits per heavy atom. The second-order valence-electron chi connectivity index (χ2n) is 7.64. The fraction of sp³-hybridized carbons (Fsp3) is 0.167. The van der Waals surface area contributed by atoms with Crippen LogP contribution in [0.15, 0.2) is 76.1 Å². The Labute approximate surface area is 219 Å². The number of hydrogen-bond acceptors (Lipinski definition) is 4. The zero-order valence-electron chi connectivity index (χ0n) is 18.0. The van der Waals surface area contributed by atoms with Crippen molar-refractivity contribution in [3.05, 3.63) is 81.8 Å². The number of rotatable bonds is 6. The van der Waals surface area contributed by atoms with Crippen LogP contribution >= 0.6 is 39.7 Å². The molecule has 0 radical (unpaired) electrons. The van der Waals surface area contributed by atoms with Gasteiger partial charge in [0.15, 0.2) is 5.11 Å². The number of amides is 1. The molecule has 1 unspecified atom stereocenters. The molecule has 6 nitrogen and oxygen atoms in total. The standard InChI is InChI=1S/C24H22BrClN4O2S2/c25-20-6-2-1-5-19(20)23(31)28-24(33)27-21-15-18(11-12-22(21)30-13-3-4-14-30)34(32)29-17-9-7-16(26)8-10-17/h1-2,5-12,15,29H,3-4,13-14H2,(H2,27,28,31,33). The number of thiocarbonyl (C=S) groups is 1. The quantitative estimate of drug-likeness (QED) is 0.315. The molecule has 0 spiro atoms. The fourth-order valence-electron chi connectivity index (χ4n) is 3.62. The third-order valence-corrected chi connectivity index (χ3v) is 7.53. The second kappa shape index (κ2) is 11.3. The molecule has 3 aromatic rings. The number of benzene rings is 3. The van der Waals surface area contributed by atoms with E-state index in [4.69, 9.17) is 23.8 Å². The molecule has 1 heterocycles. The van der Waals surface area contributed by atoms with Crippen molar-refractivity contribution in [1.82, 2.24) is 5.32 Å². The van der Waals surface area contributed by atoms with Gasteiger partial charge in [0.1, 0.15) is 11.0 Å². The highest BCUT2D eigenvalue weighted by atomic mass is 79.9. The van der Waals surface area contributed by atoms with E-state index in [1.54, 1.807) is 48.5 Å². The van der Waals surface area contributed by atoms with Gasteiger partial charge in [0, 0.05) is 28.3 Å². The number of carbonyl (C=O) groups is 1. The lowest BCUT2D eigenvalue weighted by Crippen LogP contribution is -2.35. The van der Waals surface area contributed by atoms with Crippen molar-refractivity contribution in [3.8, 4) is 0 Å². The summed E-state index contributed by atoms with van der Waals surface area (Å²) in [6, 6.07) is 19.7. The van der Waals surface area contributed by atoms with Crippen LogP contribution in [0.25, 0.3) is 0 Å². The number of anilines is 3. The highest BCUT2D eigenvalue weighted by molar-refractivity contribution is 9.10. The van der Waals surface area contributed by atoms with Gasteiger partial charge < -0.3 is 14.9 Å². The lowest BCUT2D eigenvalue weighted by molar-refractivity contribution is 0.0977. The van der Waals surface area contributed by atoms with Crippen LogP contribution in [0.1, 0.15) is 23.2 Å². The van der Waals surface area contributed by atoms with Crippen LogP contribution < -0.4 is 20.3 Å². The molecule has 1 atom stereocenters. The molecule has 1 aliphatic rings. The van der Waals surface area contributed by atoms with Crippen molar-refractivity contribution in [3.63, 3.8) is 0 Å². The topological polar surface area (TPSA) is 73.5 Å². The first-order chi connectivity index (χ1) is 16.4. The molecule has 176 valence electrons. The summed E-state index contributed by atoms with van der Waals surface area (Å²) in [7, 11) is -1.51. The normalized spacial score (nSPS) is 13.9. The second-order valence-corrected chi connectivity index (χ2v) is 10.6. The minimum Gasteiger partial charge on any atom is -0.370 e. The summed E-state index contributed by atoms with van der Waals surface area (Å²) in [6.45, 7) is 1.85. The SMILES string of the molecule is O=C(NC(=S)Nc1cc(S(=O)Nc2ccc(Cl)cc2)ccc1N1CCCC1)c1ccccc1Br. The zero-order chi connectivity index (χ0) is 24.1. The predicted octanol–water partition coefficient (Wildman–Crippen LogP) is 5.96. The number of carbonyl (C=O) groups excluding carboxylic acids is 1. The first-order valence-electron chi connectivity index (χ1n) is 10.6. The predicted molar refractivity (Wildman–Crippen MR) is 147 cm³/mol. The largest absolute Gasteiger partial charge is 0.370 e. The Morgan fingerprint density at radius 2 is 1.74 bits per heavy atom. The number of nitrogens with one attached hydrogen (secondary N) is 3. The maximum atomic E-state index is 13.0. The minimum atomic E-state index is -1.51. The third kappa shape index (κ3) is 6.15. The molecule has 0 saturated carbocycles. The van der Waals surface area contributed by atoms with Gasteiger partial charge in [-0.3, -0.25) is 10.1 Å². The van der Waals surface area contributed by atoms with E-state index in [1.165, 1.54) is 0 Å². The lowest BCUT2D eigenvalue weighted by Gasteiger charge is -2.23. The van der Waals surface area contributed by atoms with Gasteiger partial charge in [0.25, 0.3) is 5.91 Å². The number of nitrogens with zero attached hydrogens (tertiary/aromatic N) is 1. The Morgan fingerprint density at radius 3 is 2.44 bits per heavy atom. The summed E-state index contributed by atoms with van der Waals surface area (Å²) in [5.41, 5.74) is 2.80. The average Bonchev–Trinajstić information content (AvgIpc) is 3.35. The minimum absolute atomic E-state index is 0.162. The molecule has 3 N–H and O–H groups in total. The molecule has 1 fully saturated rings. The van der Waals surface area contributed by atoms with E-state index in [-0.39, 0.29) is 11.0 Å². The van der Waals surface area contributed by atoms with E-state index in [0.717, 1.165) is 31.6 Å². The van der Waals surface area contributed by atoms with E-state index in [1.807, 2.05) is 18.2 Å². The zero-order valence-corrected chi connectivity index (χ0v) is 22.0. The van der Waals surface area contributed by atoms with Gasteiger partial charge in [-0.25, -0.2) is 4.21 Å². The van der Waals surface area contributed by atoms with Gasteiger partial charge in [-0.15, -0.1) is 0 Å². The summed E-state index contributed by atoms with van der Waals surface area (Å²) >= 11 is 14.8.